The summed E-state index contributed by atoms with van der Waals surface area (Å²) in [7, 11) is 0. The van der Waals surface area contributed by atoms with Crippen LogP contribution in [0.5, 0.6) is 0 Å². The molecule has 1 fully saturated rings. The Kier molecular flexibility index (Phi) is 6.19. The van der Waals surface area contributed by atoms with Crippen molar-refractivity contribution in [1.29, 1.82) is 0 Å². The summed E-state index contributed by atoms with van der Waals surface area (Å²) in [5, 5.41) is 8.68. The molecule has 0 bridgehead atoms. The molecular formula is C20H27N3OS. The number of amides is 1. The average Bonchev–Trinajstić information content (AvgIpc) is 3.05. The van der Waals surface area contributed by atoms with Gasteiger partial charge >= 0.3 is 0 Å². The van der Waals surface area contributed by atoms with Crippen LogP contribution in [0.25, 0.3) is 5.69 Å². The second-order valence-corrected chi connectivity index (χ2v) is 7.85. The number of hydrogen-bond acceptors (Lipinski definition) is 3. The van der Waals surface area contributed by atoms with Gasteiger partial charge in [0.15, 0.2) is 0 Å². The molecule has 0 saturated heterocycles. The van der Waals surface area contributed by atoms with Crippen LogP contribution in [0.3, 0.4) is 0 Å². The number of aromatic nitrogens is 2. The third-order valence-electron chi connectivity index (χ3n) is 4.63. The predicted molar refractivity (Wildman–Crippen MR) is 104 cm³/mol. The molecule has 0 spiro atoms. The molecule has 1 saturated carbocycles. The van der Waals surface area contributed by atoms with Gasteiger partial charge in [-0.3, -0.25) is 4.79 Å². The highest BCUT2D eigenvalue weighted by Gasteiger charge is 2.22. The lowest BCUT2D eigenvalue weighted by molar-refractivity contribution is 0.0924. The Balaban J connectivity index is 1.84. The second-order valence-electron chi connectivity index (χ2n) is 6.77. The van der Waals surface area contributed by atoms with Gasteiger partial charge in [-0.2, -0.15) is 5.10 Å². The number of benzene rings is 1. The molecule has 1 aromatic heterocycles. The lowest BCUT2D eigenvalue weighted by Crippen LogP contribution is -2.36. The molecule has 1 aliphatic carbocycles. The van der Waals surface area contributed by atoms with E-state index in [4.69, 9.17) is 0 Å². The molecule has 0 aliphatic heterocycles. The first-order valence-electron chi connectivity index (χ1n) is 9.27. The maximum atomic E-state index is 12.8. The van der Waals surface area contributed by atoms with Crippen molar-refractivity contribution in [3.8, 4) is 5.69 Å². The third kappa shape index (κ3) is 4.46. The van der Waals surface area contributed by atoms with Crippen molar-refractivity contribution in [2.75, 3.05) is 5.75 Å². The monoisotopic (exact) mass is 357 g/mol. The van der Waals surface area contributed by atoms with E-state index in [9.17, 15) is 4.79 Å². The van der Waals surface area contributed by atoms with Crippen LogP contribution >= 0.6 is 11.8 Å². The minimum Gasteiger partial charge on any atom is -0.349 e. The van der Waals surface area contributed by atoms with E-state index in [0.29, 0.717) is 11.6 Å². The van der Waals surface area contributed by atoms with Crippen molar-refractivity contribution >= 4 is 17.7 Å². The lowest BCUT2D eigenvalue weighted by Gasteiger charge is -2.22. The molecule has 134 valence electrons. The Morgan fingerprint density at radius 3 is 2.64 bits per heavy atom. The first-order valence-corrected chi connectivity index (χ1v) is 10.3. The first-order chi connectivity index (χ1) is 12.2. The third-order valence-corrected chi connectivity index (χ3v) is 5.91. The molecule has 1 amide bonds. The number of rotatable bonds is 6. The van der Waals surface area contributed by atoms with E-state index in [1.54, 1.807) is 18.0 Å². The van der Waals surface area contributed by atoms with Crippen LogP contribution in [0.4, 0.5) is 0 Å². The summed E-state index contributed by atoms with van der Waals surface area (Å²) in [6, 6.07) is 8.58. The zero-order chi connectivity index (χ0) is 17.6. The smallest absolute Gasteiger partial charge is 0.255 e. The van der Waals surface area contributed by atoms with E-state index >= 15 is 0 Å². The van der Waals surface area contributed by atoms with Gasteiger partial charge in [0, 0.05) is 6.04 Å². The van der Waals surface area contributed by atoms with E-state index in [2.05, 4.69) is 48.5 Å². The Bertz CT molecular complexity index is 702. The van der Waals surface area contributed by atoms with Crippen molar-refractivity contribution in [3.05, 3.63) is 41.6 Å². The van der Waals surface area contributed by atoms with E-state index in [1.165, 1.54) is 24.8 Å². The summed E-state index contributed by atoms with van der Waals surface area (Å²) < 4.78 is 1.90. The highest BCUT2D eigenvalue weighted by Crippen LogP contribution is 2.27. The molecule has 1 N–H and O–H groups in total. The van der Waals surface area contributed by atoms with Crippen LogP contribution in [0.15, 0.2) is 35.5 Å². The van der Waals surface area contributed by atoms with Crippen molar-refractivity contribution in [2.24, 2.45) is 0 Å². The molecule has 25 heavy (non-hydrogen) atoms. The van der Waals surface area contributed by atoms with Crippen LogP contribution in [0, 0.1) is 6.92 Å². The predicted octanol–water partition coefficient (Wildman–Crippen LogP) is 4.75. The molecule has 0 radical (unpaired) electrons. The molecule has 0 atom stereocenters. The number of carbonyl (C=O) groups excluding carboxylic acids is 1. The topological polar surface area (TPSA) is 46.9 Å². The number of carbonyl (C=O) groups is 1. The summed E-state index contributed by atoms with van der Waals surface area (Å²) in [6.45, 7) is 4.23. The van der Waals surface area contributed by atoms with Crippen molar-refractivity contribution in [2.45, 2.75) is 63.4 Å². The quantitative estimate of drug-likeness (QED) is 0.759. The Hall–Kier alpha value is -1.75. The highest BCUT2D eigenvalue weighted by molar-refractivity contribution is 7.99. The SMILES string of the molecule is CCCSc1c(C(=O)NC2CCCCC2)cnn1-c1ccc(C)cc1. The zero-order valence-corrected chi connectivity index (χ0v) is 15.9. The van der Waals surface area contributed by atoms with Gasteiger partial charge in [-0.15, -0.1) is 11.8 Å². The number of aryl methyl sites for hydroxylation is 1. The Morgan fingerprint density at radius 2 is 1.96 bits per heavy atom. The van der Waals surface area contributed by atoms with E-state index in [-0.39, 0.29) is 5.91 Å². The summed E-state index contributed by atoms with van der Waals surface area (Å²) in [4.78, 5) is 12.8. The van der Waals surface area contributed by atoms with Gasteiger partial charge in [0.1, 0.15) is 5.03 Å². The van der Waals surface area contributed by atoms with Gasteiger partial charge in [-0.25, -0.2) is 4.68 Å². The maximum Gasteiger partial charge on any atom is 0.255 e. The first kappa shape index (κ1) is 18.1. The summed E-state index contributed by atoms with van der Waals surface area (Å²) in [5.41, 5.74) is 2.92. The lowest BCUT2D eigenvalue weighted by atomic mass is 9.95. The number of nitrogens with one attached hydrogen (secondary N) is 1. The van der Waals surface area contributed by atoms with E-state index in [1.807, 2.05) is 4.68 Å². The van der Waals surface area contributed by atoms with Crippen molar-refractivity contribution in [3.63, 3.8) is 0 Å². The van der Waals surface area contributed by atoms with Crippen molar-refractivity contribution < 1.29 is 4.79 Å². The van der Waals surface area contributed by atoms with Crippen molar-refractivity contribution in [1.82, 2.24) is 15.1 Å². The number of nitrogens with zero attached hydrogens (tertiary/aromatic N) is 2. The van der Waals surface area contributed by atoms with Gasteiger partial charge in [0.25, 0.3) is 5.91 Å². The summed E-state index contributed by atoms with van der Waals surface area (Å²) in [6.07, 6.45) is 8.68. The van der Waals surface area contributed by atoms with Crippen LogP contribution in [-0.2, 0) is 0 Å². The summed E-state index contributed by atoms with van der Waals surface area (Å²) >= 11 is 1.71. The van der Waals surface area contributed by atoms with Crippen LogP contribution in [0.2, 0.25) is 0 Å². The minimum absolute atomic E-state index is 0.0175. The fraction of sp³-hybridized carbons (Fsp3) is 0.500. The fourth-order valence-corrected chi connectivity index (χ4v) is 4.18. The van der Waals surface area contributed by atoms with E-state index in [0.717, 1.165) is 35.7 Å². The Labute approximate surface area is 154 Å². The number of hydrogen-bond donors (Lipinski definition) is 1. The molecule has 0 unspecified atom stereocenters. The highest BCUT2D eigenvalue weighted by atomic mass is 32.2. The van der Waals surface area contributed by atoms with Gasteiger partial charge in [0.05, 0.1) is 17.4 Å². The average molecular weight is 358 g/mol. The van der Waals surface area contributed by atoms with Gasteiger partial charge < -0.3 is 5.32 Å². The standard InChI is InChI=1S/C20H27N3OS/c1-3-13-25-20-18(19(24)22-16-7-5-4-6-8-16)14-21-23(20)17-11-9-15(2)10-12-17/h9-12,14,16H,3-8,13H2,1-2H3,(H,22,24). The Morgan fingerprint density at radius 1 is 1.24 bits per heavy atom. The molecule has 5 heteroatoms. The zero-order valence-electron chi connectivity index (χ0n) is 15.1. The normalized spacial score (nSPS) is 15.3. The molecule has 4 nitrogen and oxygen atoms in total. The second kappa shape index (κ2) is 8.56. The fourth-order valence-electron chi connectivity index (χ4n) is 3.21. The largest absolute Gasteiger partial charge is 0.349 e. The molecule has 1 aliphatic rings. The molecule has 1 heterocycles. The number of thioether (sulfide) groups is 1. The molecule has 2 aromatic rings. The van der Waals surface area contributed by atoms with Gasteiger partial charge in [0.2, 0.25) is 0 Å². The molecule has 3 rings (SSSR count). The van der Waals surface area contributed by atoms with E-state index < -0.39 is 0 Å². The van der Waals surface area contributed by atoms with Gasteiger partial charge in [-0.1, -0.05) is 43.9 Å². The van der Waals surface area contributed by atoms with Gasteiger partial charge in [-0.05, 0) is 44.1 Å². The maximum absolute atomic E-state index is 12.8. The minimum atomic E-state index is 0.0175. The molecule has 1 aromatic carbocycles. The van der Waals surface area contributed by atoms with Crippen LogP contribution in [-0.4, -0.2) is 27.5 Å². The summed E-state index contributed by atoms with van der Waals surface area (Å²) in [5.74, 6) is 0.991. The van der Waals surface area contributed by atoms with Crippen LogP contribution in [0.1, 0.15) is 61.4 Å². The molecular weight excluding hydrogens is 330 g/mol. The van der Waals surface area contributed by atoms with Crippen LogP contribution < -0.4 is 5.32 Å².